The van der Waals surface area contributed by atoms with Crippen LogP contribution >= 0.6 is 0 Å². The Kier molecular flexibility index (Phi) is 3.04. The van der Waals surface area contributed by atoms with Gasteiger partial charge in [-0.3, -0.25) is 4.68 Å². The minimum Gasteiger partial charge on any atom is -0.336 e. The highest BCUT2D eigenvalue weighted by atomic mass is 19.4. The molecule has 0 aliphatic heterocycles. The van der Waals surface area contributed by atoms with E-state index in [-0.39, 0.29) is 11.5 Å². The molecule has 0 spiro atoms. The van der Waals surface area contributed by atoms with Crippen molar-refractivity contribution in [2.75, 3.05) is 5.32 Å². The van der Waals surface area contributed by atoms with Gasteiger partial charge in [-0.25, -0.2) is 0 Å². The summed E-state index contributed by atoms with van der Waals surface area (Å²) in [7, 11) is 1.78. The molecule has 0 atom stereocenters. The van der Waals surface area contributed by atoms with Crippen molar-refractivity contribution in [3.63, 3.8) is 0 Å². The number of hydrogen-bond acceptors (Lipinski definition) is 5. The van der Waals surface area contributed by atoms with E-state index in [1.807, 2.05) is 6.92 Å². The summed E-state index contributed by atoms with van der Waals surface area (Å²) < 4.78 is 40.9. The quantitative estimate of drug-likeness (QED) is 0.786. The van der Waals surface area contributed by atoms with Crippen LogP contribution in [0.15, 0.2) is 12.1 Å². The Hall–Kier alpha value is -2.65. The molecule has 0 aliphatic rings. The van der Waals surface area contributed by atoms with Gasteiger partial charge in [0.25, 0.3) is 5.82 Å². The molecule has 3 heterocycles. The average Bonchev–Trinajstić information content (AvgIpc) is 2.95. The Bertz CT molecular complexity index is 846. The maximum Gasteiger partial charge on any atom is 0.453 e. The van der Waals surface area contributed by atoms with Crippen LogP contribution < -0.4 is 5.32 Å². The first-order chi connectivity index (χ1) is 10.3. The van der Waals surface area contributed by atoms with Crippen molar-refractivity contribution in [2.45, 2.75) is 20.0 Å². The molecule has 3 aromatic rings. The fourth-order valence-corrected chi connectivity index (χ4v) is 2.11. The average molecular weight is 311 g/mol. The monoisotopic (exact) mass is 311 g/mol. The Morgan fingerprint density at radius 3 is 2.41 bits per heavy atom. The van der Waals surface area contributed by atoms with Crippen molar-refractivity contribution in [1.29, 1.82) is 0 Å². The second-order valence-corrected chi connectivity index (χ2v) is 4.80. The van der Waals surface area contributed by atoms with Crippen molar-refractivity contribution in [2.24, 2.45) is 7.05 Å². The van der Waals surface area contributed by atoms with Gasteiger partial charge in [0.2, 0.25) is 0 Å². The van der Waals surface area contributed by atoms with Gasteiger partial charge in [0.1, 0.15) is 0 Å². The van der Waals surface area contributed by atoms with Crippen molar-refractivity contribution in [3.05, 3.63) is 29.3 Å². The first-order valence-electron chi connectivity index (χ1n) is 6.34. The maximum absolute atomic E-state index is 12.8. The number of fused-ring (bicyclic) bond motifs is 1. The number of nitrogens with one attached hydrogen (secondary N) is 1. The normalized spacial score (nSPS) is 12.1. The van der Waals surface area contributed by atoms with E-state index in [0.717, 1.165) is 11.4 Å². The molecule has 0 aromatic carbocycles. The van der Waals surface area contributed by atoms with Gasteiger partial charge in [-0.05, 0) is 26.0 Å². The Morgan fingerprint density at radius 1 is 1.09 bits per heavy atom. The van der Waals surface area contributed by atoms with Crippen LogP contribution in [0.4, 0.5) is 24.7 Å². The fraction of sp³-hybridized carbons (Fsp3) is 0.333. The van der Waals surface area contributed by atoms with E-state index in [9.17, 15) is 13.2 Å². The highest BCUT2D eigenvalue weighted by Gasteiger charge is 2.37. The molecule has 116 valence electrons. The molecular weight excluding hydrogens is 299 g/mol. The zero-order chi connectivity index (χ0) is 16.1. The number of aryl methyl sites for hydroxylation is 2. The van der Waals surface area contributed by atoms with Gasteiger partial charge < -0.3 is 5.32 Å². The molecule has 22 heavy (non-hydrogen) atoms. The summed E-state index contributed by atoms with van der Waals surface area (Å²) in [5, 5.41) is 17.7. The van der Waals surface area contributed by atoms with E-state index in [1.54, 1.807) is 18.7 Å². The first kappa shape index (κ1) is 14.3. The summed E-state index contributed by atoms with van der Waals surface area (Å²) in [4.78, 5) is 0. The van der Waals surface area contributed by atoms with Gasteiger partial charge in [0, 0.05) is 7.05 Å². The molecule has 7 nitrogen and oxygen atoms in total. The third-order valence-corrected chi connectivity index (χ3v) is 3.28. The van der Waals surface area contributed by atoms with E-state index < -0.39 is 12.0 Å². The zero-order valence-corrected chi connectivity index (χ0v) is 12.0. The topological polar surface area (TPSA) is 72.9 Å². The molecule has 0 unspecified atom stereocenters. The number of nitrogens with zero attached hydrogens (tertiary/aromatic N) is 6. The molecule has 10 heteroatoms. The fourth-order valence-electron chi connectivity index (χ4n) is 2.11. The van der Waals surface area contributed by atoms with E-state index in [0.29, 0.717) is 10.2 Å². The van der Waals surface area contributed by atoms with E-state index in [1.165, 1.54) is 12.1 Å². The Morgan fingerprint density at radius 2 is 1.82 bits per heavy atom. The smallest absolute Gasteiger partial charge is 0.336 e. The lowest BCUT2D eigenvalue weighted by molar-refractivity contribution is -0.146. The van der Waals surface area contributed by atoms with Crippen molar-refractivity contribution >= 4 is 17.2 Å². The molecule has 1 N–H and O–H groups in total. The van der Waals surface area contributed by atoms with Crippen LogP contribution in [0, 0.1) is 13.8 Å². The highest BCUT2D eigenvalue weighted by molar-refractivity contribution is 5.62. The molecule has 0 saturated carbocycles. The first-order valence-corrected chi connectivity index (χ1v) is 6.34. The lowest BCUT2D eigenvalue weighted by Gasteiger charge is -2.07. The summed E-state index contributed by atoms with van der Waals surface area (Å²) in [6, 6.07) is 2.95. The van der Waals surface area contributed by atoms with Gasteiger partial charge in [-0.2, -0.15) is 22.8 Å². The number of anilines is 2. The van der Waals surface area contributed by atoms with Crippen molar-refractivity contribution in [1.82, 2.24) is 29.6 Å². The Balaban J connectivity index is 2.05. The van der Waals surface area contributed by atoms with Crippen LogP contribution in [0.2, 0.25) is 0 Å². The van der Waals surface area contributed by atoms with Crippen molar-refractivity contribution in [3.8, 4) is 0 Å². The second kappa shape index (κ2) is 4.68. The minimum absolute atomic E-state index is 0.0255. The van der Waals surface area contributed by atoms with E-state index >= 15 is 0 Å². The summed E-state index contributed by atoms with van der Waals surface area (Å²) in [5.41, 5.74) is 2.30. The number of rotatable bonds is 2. The summed E-state index contributed by atoms with van der Waals surface area (Å²) >= 11 is 0. The number of alkyl halides is 3. The molecule has 0 radical (unpaired) electrons. The number of aromatic nitrogens is 6. The highest BCUT2D eigenvalue weighted by Crippen LogP contribution is 2.28. The molecular formula is C12H12F3N7. The lowest BCUT2D eigenvalue weighted by atomic mass is 10.3. The molecule has 0 aliphatic carbocycles. The Labute approximate surface area is 122 Å². The van der Waals surface area contributed by atoms with Crippen LogP contribution in [-0.4, -0.2) is 29.6 Å². The van der Waals surface area contributed by atoms with E-state index in [4.69, 9.17) is 0 Å². The third kappa shape index (κ3) is 2.26. The standard InChI is InChI=1S/C12H12F3N7/c1-6-10(7(2)21(3)19-6)16-8-4-5-9-17-18-11(12(13,14)15)22(9)20-8/h4-5H,1-3H3,(H,16,20). The summed E-state index contributed by atoms with van der Waals surface area (Å²) in [6.07, 6.45) is -4.62. The maximum atomic E-state index is 12.8. The van der Waals surface area contributed by atoms with Crippen LogP contribution in [0.5, 0.6) is 0 Å². The van der Waals surface area contributed by atoms with E-state index in [2.05, 4.69) is 25.7 Å². The SMILES string of the molecule is Cc1nn(C)c(C)c1Nc1ccc2nnc(C(F)(F)F)n2n1. The van der Waals surface area contributed by atoms with Crippen LogP contribution in [0.25, 0.3) is 5.65 Å². The predicted octanol–water partition coefficient (Wildman–Crippen LogP) is 2.24. The third-order valence-electron chi connectivity index (χ3n) is 3.28. The summed E-state index contributed by atoms with van der Waals surface area (Å²) in [5.74, 6) is -0.914. The van der Waals surface area contributed by atoms with Gasteiger partial charge in [-0.1, -0.05) is 0 Å². The number of hydrogen-bond donors (Lipinski definition) is 1. The second-order valence-electron chi connectivity index (χ2n) is 4.80. The van der Waals surface area contributed by atoms with Crippen LogP contribution in [0.3, 0.4) is 0 Å². The molecule has 0 fully saturated rings. The van der Waals surface area contributed by atoms with Gasteiger partial charge in [0.15, 0.2) is 11.5 Å². The van der Waals surface area contributed by atoms with Crippen LogP contribution in [-0.2, 0) is 13.2 Å². The molecule has 3 rings (SSSR count). The number of halogens is 3. The lowest BCUT2D eigenvalue weighted by Crippen LogP contribution is -2.13. The zero-order valence-electron chi connectivity index (χ0n) is 12.0. The van der Waals surface area contributed by atoms with Crippen LogP contribution in [0.1, 0.15) is 17.2 Å². The van der Waals surface area contributed by atoms with Gasteiger partial charge in [0.05, 0.1) is 17.1 Å². The molecule has 0 bridgehead atoms. The predicted molar refractivity (Wildman–Crippen MR) is 71.7 cm³/mol. The molecule has 0 saturated heterocycles. The minimum atomic E-state index is -4.62. The van der Waals surface area contributed by atoms with Crippen molar-refractivity contribution < 1.29 is 13.2 Å². The largest absolute Gasteiger partial charge is 0.453 e. The summed E-state index contributed by atoms with van der Waals surface area (Å²) in [6.45, 7) is 3.65. The van der Waals surface area contributed by atoms with Gasteiger partial charge >= 0.3 is 6.18 Å². The van der Waals surface area contributed by atoms with Gasteiger partial charge in [-0.15, -0.1) is 15.3 Å². The molecule has 3 aromatic heterocycles. The molecule has 0 amide bonds.